The third-order valence-corrected chi connectivity index (χ3v) is 7.51. The van der Waals surface area contributed by atoms with Crippen molar-refractivity contribution in [3.05, 3.63) is 70.4 Å². The van der Waals surface area contributed by atoms with Crippen molar-refractivity contribution in [2.75, 3.05) is 17.2 Å². The van der Waals surface area contributed by atoms with E-state index in [0.29, 0.717) is 51.5 Å². The predicted octanol–water partition coefficient (Wildman–Crippen LogP) is 7.02. The highest BCUT2D eigenvalue weighted by atomic mass is 35.5. The van der Waals surface area contributed by atoms with Crippen LogP contribution in [0.2, 0.25) is 5.02 Å². The van der Waals surface area contributed by atoms with Gasteiger partial charge in [-0.05, 0) is 42.9 Å². The molecule has 1 atom stereocenters. The summed E-state index contributed by atoms with van der Waals surface area (Å²) in [5.41, 5.74) is 1.82. The standard InChI is InChI=1S/C29H30ClF3N8/c1-5-22-19(7-6-10-35-22)26(23-15-41(40-39-23)28(8-9-28)29(31,32)33)38-18-11-20-24(37-16-27(2,3)4)17(13-34)14-36-25(20)21(30)12-18/h6-7,10-12,14-15,26,38H,5,8-9,16H2,1-4H3,(H,36,37). The van der Waals surface area contributed by atoms with Crippen molar-refractivity contribution in [1.82, 2.24) is 25.0 Å². The van der Waals surface area contributed by atoms with Crippen molar-refractivity contribution in [2.24, 2.45) is 5.41 Å². The number of hydrogen-bond donors (Lipinski definition) is 2. The van der Waals surface area contributed by atoms with Crippen LogP contribution < -0.4 is 10.6 Å². The van der Waals surface area contributed by atoms with Crippen LogP contribution in [-0.4, -0.2) is 37.7 Å². The number of anilines is 2. The third-order valence-electron chi connectivity index (χ3n) is 7.22. The van der Waals surface area contributed by atoms with Gasteiger partial charge in [-0.25, -0.2) is 4.68 Å². The molecule has 1 fully saturated rings. The maximum atomic E-state index is 13.8. The van der Waals surface area contributed by atoms with Gasteiger partial charge in [0, 0.05) is 41.3 Å². The van der Waals surface area contributed by atoms with Crippen molar-refractivity contribution in [3.8, 4) is 6.07 Å². The van der Waals surface area contributed by atoms with E-state index in [1.54, 1.807) is 18.3 Å². The lowest BCUT2D eigenvalue weighted by atomic mass is 9.96. The maximum absolute atomic E-state index is 13.8. The Labute approximate surface area is 240 Å². The number of hydrogen-bond acceptors (Lipinski definition) is 7. The molecule has 0 aliphatic heterocycles. The normalized spacial score (nSPS) is 15.4. The van der Waals surface area contributed by atoms with E-state index in [1.165, 1.54) is 12.4 Å². The molecular weight excluding hydrogens is 553 g/mol. The van der Waals surface area contributed by atoms with Crippen LogP contribution in [-0.2, 0) is 12.0 Å². The Hall–Kier alpha value is -3.91. The number of benzene rings is 1. The summed E-state index contributed by atoms with van der Waals surface area (Å²) >= 11 is 6.69. The molecule has 3 aromatic heterocycles. The molecule has 214 valence electrons. The van der Waals surface area contributed by atoms with Gasteiger partial charge in [-0.15, -0.1) is 5.10 Å². The van der Waals surface area contributed by atoms with Crippen molar-refractivity contribution in [3.63, 3.8) is 0 Å². The first-order chi connectivity index (χ1) is 19.4. The summed E-state index contributed by atoms with van der Waals surface area (Å²) in [6.07, 6.45) is 0.617. The molecule has 1 aliphatic rings. The molecule has 0 bridgehead atoms. The third kappa shape index (κ3) is 5.53. The van der Waals surface area contributed by atoms with Gasteiger partial charge < -0.3 is 10.6 Å². The number of fused-ring (bicyclic) bond motifs is 1. The first kappa shape index (κ1) is 28.6. The van der Waals surface area contributed by atoms with E-state index in [2.05, 4.69) is 57.8 Å². The summed E-state index contributed by atoms with van der Waals surface area (Å²) in [4.78, 5) is 8.90. The zero-order valence-corrected chi connectivity index (χ0v) is 23.9. The van der Waals surface area contributed by atoms with Crippen LogP contribution in [0.15, 0.2) is 42.9 Å². The van der Waals surface area contributed by atoms with Gasteiger partial charge in [0.15, 0.2) is 5.54 Å². The molecular formula is C29H30ClF3N8. The molecule has 1 unspecified atom stereocenters. The van der Waals surface area contributed by atoms with E-state index in [-0.39, 0.29) is 18.3 Å². The summed E-state index contributed by atoms with van der Waals surface area (Å²) in [5.74, 6) is 0. The van der Waals surface area contributed by atoms with E-state index in [4.69, 9.17) is 11.6 Å². The lowest BCUT2D eigenvalue weighted by molar-refractivity contribution is -0.182. The average Bonchev–Trinajstić information content (AvgIpc) is 3.61. The number of halogens is 4. The number of alkyl halides is 3. The molecule has 1 aliphatic carbocycles. The van der Waals surface area contributed by atoms with Gasteiger partial charge in [-0.1, -0.05) is 50.6 Å². The highest BCUT2D eigenvalue weighted by Gasteiger charge is 2.66. The number of rotatable bonds is 8. The van der Waals surface area contributed by atoms with Crippen LogP contribution in [0, 0.1) is 16.7 Å². The minimum absolute atomic E-state index is 0.0383. The Bertz CT molecular complexity index is 1630. The van der Waals surface area contributed by atoms with Gasteiger partial charge in [0.25, 0.3) is 0 Å². The van der Waals surface area contributed by atoms with Crippen LogP contribution in [0.4, 0.5) is 24.5 Å². The summed E-state index contributed by atoms with van der Waals surface area (Å²) in [6, 6.07) is 8.69. The van der Waals surface area contributed by atoms with Gasteiger partial charge >= 0.3 is 6.18 Å². The molecule has 0 spiro atoms. The lowest BCUT2D eigenvalue weighted by Gasteiger charge is -2.23. The molecule has 1 saturated carbocycles. The lowest BCUT2D eigenvalue weighted by Crippen LogP contribution is -2.35. The van der Waals surface area contributed by atoms with Gasteiger partial charge in [0.1, 0.15) is 11.8 Å². The number of pyridine rings is 2. The Kier molecular flexibility index (Phi) is 7.32. The molecule has 5 rings (SSSR count). The molecule has 3 heterocycles. The fourth-order valence-corrected chi connectivity index (χ4v) is 5.11. The Morgan fingerprint density at radius 1 is 1.20 bits per heavy atom. The summed E-state index contributed by atoms with van der Waals surface area (Å²) < 4.78 is 42.5. The average molecular weight is 583 g/mol. The van der Waals surface area contributed by atoms with Gasteiger partial charge in [-0.2, -0.15) is 18.4 Å². The highest BCUT2D eigenvalue weighted by molar-refractivity contribution is 6.35. The molecule has 1 aromatic carbocycles. The smallest absolute Gasteiger partial charge is 0.383 e. The number of nitrogens with zero attached hydrogens (tertiary/aromatic N) is 6. The maximum Gasteiger partial charge on any atom is 0.413 e. The van der Waals surface area contributed by atoms with Crippen LogP contribution in [0.25, 0.3) is 10.9 Å². The molecule has 4 aromatic rings. The van der Waals surface area contributed by atoms with Crippen molar-refractivity contribution < 1.29 is 13.2 Å². The first-order valence-corrected chi connectivity index (χ1v) is 13.7. The number of aryl methyl sites for hydroxylation is 1. The quantitative estimate of drug-likeness (QED) is 0.230. The van der Waals surface area contributed by atoms with Crippen molar-refractivity contribution in [1.29, 1.82) is 5.26 Å². The molecule has 0 amide bonds. The van der Waals surface area contributed by atoms with E-state index in [1.807, 2.05) is 19.1 Å². The zero-order valence-electron chi connectivity index (χ0n) is 23.1. The Morgan fingerprint density at radius 3 is 2.59 bits per heavy atom. The van der Waals surface area contributed by atoms with Gasteiger partial charge in [0.05, 0.1) is 34.0 Å². The number of nitrogens with one attached hydrogen (secondary N) is 2. The van der Waals surface area contributed by atoms with E-state index < -0.39 is 17.8 Å². The fourth-order valence-electron chi connectivity index (χ4n) is 4.84. The SMILES string of the molecule is CCc1ncccc1C(Nc1cc(Cl)c2ncc(C#N)c(NCC(C)(C)C)c2c1)c1cn(C2(C(F)(F)F)CC2)nn1. The van der Waals surface area contributed by atoms with Crippen LogP contribution in [0.3, 0.4) is 0 Å². The van der Waals surface area contributed by atoms with Crippen LogP contribution in [0.1, 0.15) is 69.1 Å². The predicted molar refractivity (Wildman–Crippen MR) is 152 cm³/mol. The van der Waals surface area contributed by atoms with Crippen molar-refractivity contribution >= 4 is 33.9 Å². The van der Waals surface area contributed by atoms with E-state index in [0.717, 1.165) is 15.9 Å². The fraction of sp³-hybridized carbons (Fsp3) is 0.414. The van der Waals surface area contributed by atoms with Gasteiger partial charge in [-0.3, -0.25) is 9.97 Å². The second kappa shape index (κ2) is 10.5. The molecule has 41 heavy (non-hydrogen) atoms. The molecule has 0 saturated heterocycles. The topological polar surface area (TPSA) is 104 Å². The van der Waals surface area contributed by atoms with Crippen molar-refractivity contribution in [2.45, 2.75) is 64.7 Å². The van der Waals surface area contributed by atoms with Crippen LogP contribution in [0.5, 0.6) is 0 Å². The van der Waals surface area contributed by atoms with Crippen LogP contribution >= 0.6 is 11.6 Å². The molecule has 0 radical (unpaired) electrons. The number of nitriles is 1. The Morgan fingerprint density at radius 2 is 1.95 bits per heavy atom. The van der Waals surface area contributed by atoms with Gasteiger partial charge in [0.2, 0.25) is 0 Å². The minimum atomic E-state index is -4.43. The van der Waals surface area contributed by atoms with E-state index >= 15 is 0 Å². The monoisotopic (exact) mass is 582 g/mol. The summed E-state index contributed by atoms with van der Waals surface area (Å²) in [7, 11) is 0. The second-order valence-electron chi connectivity index (χ2n) is 11.5. The number of aromatic nitrogens is 5. The second-order valence-corrected chi connectivity index (χ2v) is 11.9. The van der Waals surface area contributed by atoms with E-state index in [9.17, 15) is 18.4 Å². The minimum Gasteiger partial charge on any atom is -0.383 e. The summed E-state index contributed by atoms with van der Waals surface area (Å²) in [5, 5.41) is 25.7. The molecule has 8 nitrogen and oxygen atoms in total. The largest absolute Gasteiger partial charge is 0.413 e. The summed E-state index contributed by atoms with van der Waals surface area (Å²) in [6.45, 7) is 8.79. The zero-order chi connectivity index (χ0) is 29.6. The molecule has 2 N–H and O–H groups in total. The highest BCUT2D eigenvalue weighted by Crippen LogP contribution is 2.55. The molecule has 12 heteroatoms. The first-order valence-electron chi connectivity index (χ1n) is 13.3. The Balaban J connectivity index is 1.61.